The van der Waals surface area contributed by atoms with E-state index in [2.05, 4.69) is 5.10 Å². The molecule has 144 valence electrons. The Balaban J connectivity index is 1.99. The van der Waals surface area contributed by atoms with Crippen LogP contribution in [-0.4, -0.2) is 44.8 Å². The monoisotopic (exact) mass is 385 g/mol. The Morgan fingerprint density at radius 1 is 1.19 bits per heavy atom. The molecule has 10 heteroatoms. The van der Waals surface area contributed by atoms with Crippen LogP contribution in [0.1, 0.15) is 28.9 Å². The summed E-state index contributed by atoms with van der Waals surface area (Å²) in [6, 6.07) is 4.21. The van der Waals surface area contributed by atoms with E-state index in [1.165, 1.54) is 0 Å². The molecule has 1 aliphatic heterocycles. The van der Waals surface area contributed by atoms with Crippen molar-refractivity contribution in [3.05, 3.63) is 47.5 Å². The summed E-state index contributed by atoms with van der Waals surface area (Å²) in [7, 11) is 0. The Bertz CT molecular complexity index is 861. The second kappa shape index (κ2) is 7.01. The fraction of sp³-hybridized carbons (Fsp3) is 0.353. The molecule has 6 nitrogen and oxygen atoms in total. The number of benzene rings is 1. The molecule has 2 heterocycles. The van der Waals surface area contributed by atoms with Gasteiger partial charge in [-0.05, 0) is 37.1 Å². The maximum absolute atomic E-state index is 13.6. The summed E-state index contributed by atoms with van der Waals surface area (Å²) in [6.07, 6.45) is -3.34. The van der Waals surface area contributed by atoms with E-state index in [1.54, 1.807) is 0 Å². The highest BCUT2D eigenvalue weighted by atomic mass is 19.4. The van der Waals surface area contributed by atoms with E-state index in [-0.39, 0.29) is 18.8 Å². The first-order valence-electron chi connectivity index (χ1n) is 8.11. The number of aromatic nitrogens is 2. The Morgan fingerprint density at radius 3 is 2.44 bits per heavy atom. The van der Waals surface area contributed by atoms with E-state index in [4.69, 9.17) is 5.11 Å². The highest BCUT2D eigenvalue weighted by Gasteiger charge is 2.42. The van der Waals surface area contributed by atoms with Gasteiger partial charge >= 0.3 is 12.1 Å². The first-order valence-corrected chi connectivity index (χ1v) is 8.11. The van der Waals surface area contributed by atoms with Crippen LogP contribution in [-0.2, 0) is 11.0 Å². The second-order valence-electron chi connectivity index (χ2n) is 6.22. The lowest BCUT2D eigenvalue weighted by Crippen LogP contribution is -2.42. The molecule has 1 amide bonds. The van der Waals surface area contributed by atoms with Crippen LogP contribution in [0.4, 0.5) is 17.6 Å². The number of halogens is 4. The van der Waals surface area contributed by atoms with Crippen molar-refractivity contribution in [3.8, 4) is 5.69 Å². The first-order chi connectivity index (χ1) is 12.7. The molecule has 1 aromatic carbocycles. The number of aliphatic carboxylic acids is 1. The van der Waals surface area contributed by atoms with Gasteiger partial charge in [-0.2, -0.15) is 18.3 Å². The van der Waals surface area contributed by atoms with Crippen molar-refractivity contribution in [1.29, 1.82) is 0 Å². The van der Waals surface area contributed by atoms with Gasteiger partial charge in [-0.1, -0.05) is 0 Å². The third kappa shape index (κ3) is 3.79. The van der Waals surface area contributed by atoms with Gasteiger partial charge in [0, 0.05) is 13.1 Å². The second-order valence-corrected chi connectivity index (χ2v) is 6.22. The number of likely N-dealkylation sites (tertiary alicyclic amines) is 1. The quantitative estimate of drug-likeness (QED) is 0.825. The topological polar surface area (TPSA) is 75.4 Å². The zero-order chi connectivity index (χ0) is 19.8. The third-order valence-electron chi connectivity index (χ3n) is 4.40. The summed E-state index contributed by atoms with van der Waals surface area (Å²) in [4.78, 5) is 24.9. The minimum absolute atomic E-state index is 0.0511. The summed E-state index contributed by atoms with van der Waals surface area (Å²) in [5.74, 6) is -3.46. The summed E-state index contributed by atoms with van der Waals surface area (Å²) in [5, 5.41) is 12.8. The zero-order valence-electron chi connectivity index (χ0n) is 13.9. The Morgan fingerprint density at radius 2 is 1.85 bits per heavy atom. The third-order valence-corrected chi connectivity index (χ3v) is 4.40. The fourth-order valence-corrected chi connectivity index (χ4v) is 3.09. The van der Waals surface area contributed by atoms with Gasteiger partial charge in [0.15, 0.2) is 5.69 Å². The molecule has 3 rings (SSSR count). The predicted molar refractivity (Wildman–Crippen MR) is 84.8 cm³/mol. The largest absolute Gasteiger partial charge is 0.481 e. The van der Waals surface area contributed by atoms with Gasteiger partial charge in [-0.3, -0.25) is 9.59 Å². The lowest BCUT2D eigenvalue weighted by atomic mass is 9.97. The van der Waals surface area contributed by atoms with E-state index in [9.17, 15) is 27.2 Å². The van der Waals surface area contributed by atoms with E-state index in [0.717, 1.165) is 35.4 Å². The number of hydrogen-bond donors (Lipinski definition) is 1. The molecule has 1 aliphatic rings. The summed E-state index contributed by atoms with van der Waals surface area (Å²) in [5.41, 5.74) is -2.00. The standard InChI is InChI=1S/C17H15F4N3O3/c18-11-3-5-12(6-4-11)24-14(17(19,20)21)13(8-22-24)15(25)23-7-1-2-10(9-23)16(26)27/h3-6,8,10H,1-2,7,9H2,(H,26,27)/t10-/m0/s1. The smallest absolute Gasteiger partial charge is 0.434 e. The molecule has 1 N–H and O–H groups in total. The van der Waals surface area contributed by atoms with Crippen molar-refractivity contribution in [2.24, 2.45) is 5.92 Å². The van der Waals surface area contributed by atoms with E-state index < -0.39 is 41.0 Å². The Kier molecular flexibility index (Phi) is 4.90. The lowest BCUT2D eigenvalue weighted by molar-refractivity contribution is -0.144. The van der Waals surface area contributed by atoms with Crippen LogP contribution in [0.2, 0.25) is 0 Å². The van der Waals surface area contributed by atoms with Crippen LogP contribution in [0.25, 0.3) is 5.69 Å². The number of carbonyl (C=O) groups is 2. The molecule has 0 unspecified atom stereocenters. The first kappa shape index (κ1) is 18.9. The average molecular weight is 385 g/mol. The summed E-state index contributed by atoms with van der Waals surface area (Å²) < 4.78 is 54.5. The van der Waals surface area contributed by atoms with Crippen molar-refractivity contribution < 1.29 is 32.3 Å². The molecule has 0 aliphatic carbocycles. The normalized spacial score (nSPS) is 17.8. The minimum Gasteiger partial charge on any atom is -0.481 e. The minimum atomic E-state index is -4.89. The van der Waals surface area contributed by atoms with E-state index in [1.807, 2.05) is 0 Å². The Labute approximate surface area is 151 Å². The van der Waals surface area contributed by atoms with Gasteiger partial charge < -0.3 is 10.0 Å². The molecule has 1 atom stereocenters. The van der Waals surface area contributed by atoms with Crippen molar-refractivity contribution >= 4 is 11.9 Å². The number of alkyl halides is 3. The molecule has 1 saturated heterocycles. The van der Waals surface area contributed by atoms with Gasteiger partial charge in [0.1, 0.15) is 5.82 Å². The number of nitrogens with zero attached hydrogens (tertiary/aromatic N) is 3. The molecule has 0 saturated carbocycles. The predicted octanol–water partition coefficient (Wildman–Crippen LogP) is 2.97. The van der Waals surface area contributed by atoms with Crippen LogP contribution in [0.3, 0.4) is 0 Å². The van der Waals surface area contributed by atoms with Gasteiger partial charge in [0.2, 0.25) is 0 Å². The molecule has 0 spiro atoms. The van der Waals surface area contributed by atoms with E-state index >= 15 is 0 Å². The summed E-state index contributed by atoms with van der Waals surface area (Å²) in [6.45, 7) is 0.00876. The molecular weight excluding hydrogens is 370 g/mol. The van der Waals surface area contributed by atoms with Gasteiger partial charge in [0.05, 0.1) is 23.4 Å². The van der Waals surface area contributed by atoms with Crippen molar-refractivity contribution in [2.45, 2.75) is 19.0 Å². The molecule has 27 heavy (non-hydrogen) atoms. The van der Waals surface area contributed by atoms with Crippen LogP contribution < -0.4 is 0 Å². The van der Waals surface area contributed by atoms with Crippen molar-refractivity contribution in [3.63, 3.8) is 0 Å². The van der Waals surface area contributed by atoms with Gasteiger partial charge in [-0.25, -0.2) is 9.07 Å². The average Bonchev–Trinajstić information content (AvgIpc) is 3.07. The maximum atomic E-state index is 13.6. The van der Waals surface area contributed by atoms with E-state index in [0.29, 0.717) is 17.5 Å². The van der Waals surface area contributed by atoms with Crippen molar-refractivity contribution in [1.82, 2.24) is 14.7 Å². The highest BCUT2D eigenvalue weighted by molar-refractivity contribution is 5.95. The van der Waals surface area contributed by atoms with Gasteiger partial charge in [-0.15, -0.1) is 0 Å². The molecule has 1 fully saturated rings. The van der Waals surface area contributed by atoms with Crippen LogP contribution >= 0.6 is 0 Å². The molecular formula is C17H15F4N3O3. The number of hydrogen-bond acceptors (Lipinski definition) is 3. The number of carboxylic acids is 1. The summed E-state index contributed by atoms with van der Waals surface area (Å²) >= 11 is 0. The van der Waals surface area contributed by atoms with Crippen LogP contribution in [0, 0.1) is 11.7 Å². The lowest BCUT2D eigenvalue weighted by Gasteiger charge is -2.30. The highest BCUT2D eigenvalue weighted by Crippen LogP contribution is 2.34. The molecule has 2 aromatic rings. The fourth-order valence-electron chi connectivity index (χ4n) is 3.09. The molecule has 0 radical (unpaired) electrons. The van der Waals surface area contributed by atoms with Gasteiger partial charge in [0.25, 0.3) is 5.91 Å². The number of piperidine rings is 1. The number of carbonyl (C=O) groups excluding carboxylic acids is 1. The number of rotatable bonds is 3. The molecule has 0 bridgehead atoms. The van der Waals surface area contributed by atoms with Crippen LogP contribution in [0.15, 0.2) is 30.5 Å². The Hall–Kier alpha value is -2.91. The number of amides is 1. The van der Waals surface area contributed by atoms with Crippen molar-refractivity contribution in [2.75, 3.05) is 13.1 Å². The molecule has 1 aromatic heterocycles. The maximum Gasteiger partial charge on any atom is 0.434 e. The zero-order valence-corrected chi connectivity index (χ0v) is 13.9. The SMILES string of the molecule is O=C(O)[C@H]1CCCN(C(=O)c2cnn(-c3ccc(F)cc3)c2C(F)(F)F)C1. The van der Waals surface area contributed by atoms with Crippen LogP contribution in [0.5, 0.6) is 0 Å². The number of carboxylic acid groups (broad SMARTS) is 1.